The smallest absolute Gasteiger partial charge is 0.296 e. The Morgan fingerprint density at radius 1 is 1.10 bits per heavy atom. The van der Waals surface area contributed by atoms with Gasteiger partial charge in [-0.1, -0.05) is 79.3 Å². The fourth-order valence-electron chi connectivity index (χ4n) is 4.48. The number of rotatable bonds is 13. The average molecular weight is 592 g/mol. The molecule has 4 aromatic rings. The molecule has 2 aromatic heterocycles. The summed E-state index contributed by atoms with van der Waals surface area (Å²) in [5, 5.41) is 19.8. The maximum absolute atomic E-state index is 13.5. The van der Waals surface area contributed by atoms with E-state index in [9.17, 15) is 14.7 Å². The van der Waals surface area contributed by atoms with Crippen LogP contribution < -0.4 is 14.4 Å². The molecule has 0 aliphatic carbocycles. The molecule has 1 atom stereocenters. The lowest BCUT2D eigenvalue weighted by atomic mass is 9.95. The molecule has 1 amide bonds. The lowest BCUT2D eigenvalue weighted by Crippen LogP contribution is -2.31. The van der Waals surface area contributed by atoms with Gasteiger partial charge in [0.25, 0.3) is 5.91 Å². The zero-order chi connectivity index (χ0) is 28.8. The minimum atomic E-state index is -0.997. The molecule has 1 aliphatic rings. The second-order valence-electron chi connectivity index (χ2n) is 9.24. The number of aliphatic hydroxyl groups excluding tert-OH is 1. The highest BCUT2D eigenvalue weighted by Crippen LogP contribution is 2.45. The lowest BCUT2D eigenvalue weighted by molar-refractivity contribution is -0.117. The number of unbranched alkanes of at least 4 members (excludes halogenated alkanes) is 2. The molecule has 212 valence electrons. The number of furan rings is 1. The van der Waals surface area contributed by atoms with Crippen LogP contribution in [0.15, 0.2) is 87.0 Å². The predicted octanol–water partition coefficient (Wildman–Crippen LogP) is 6.78. The van der Waals surface area contributed by atoms with Crippen LogP contribution in [0.2, 0.25) is 0 Å². The molecule has 1 unspecified atom stereocenters. The van der Waals surface area contributed by atoms with Crippen molar-refractivity contribution in [2.45, 2.75) is 42.3 Å². The van der Waals surface area contributed by atoms with E-state index in [1.54, 1.807) is 24.3 Å². The Hall–Kier alpha value is -4.09. The molecule has 1 aliphatic heterocycles. The molecule has 11 heteroatoms. The number of carbonyl (C=O) groups is 2. The number of carbonyl (C=O) groups excluding carboxylic acids is 2. The summed E-state index contributed by atoms with van der Waals surface area (Å²) in [7, 11) is 1.53. The Kier molecular flexibility index (Phi) is 9.05. The van der Waals surface area contributed by atoms with Crippen molar-refractivity contribution in [2.24, 2.45) is 0 Å². The molecule has 0 spiro atoms. The number of anilines is 1. The summed E-state index contributed by atoms with van der Waals surface area (Å²) in [5.74, 6) is -0.343. The summed E-state index contributed by atoms with van der Waals surface area (Å²) >= 11 is 2.70. The minimum absolute atomic E-state index is 0.00501. The van der Waals surface area contributed by atoms with Crippen molar-refractivity contribution in [3.63, 3.8) is 0 Å². The highest BCUT2D eigenvalue weighted by Gasteiger charge is 2.47. The van der Waals surface area contributed by atoms with Crippen molar-refractivity contribution in [2.75, 3.05) is 18.6 Å². The molecule has 0 saturated carbocycles. The van der Waals surface area contributed by atoms with E-state index < -0.39 is 23.5 Å². The molecule has 0 fully saturated rings. The van der Waals surface area contributed by atoms with Gasteiger partial charge >= 0.3 is 0 Å². The van der Waals surface area contributed by atoms with E-state index in [0.29, 0.717) is 33.8 Å². The minimum Gasteiger partial charge on any atom is -0.503 e. The Morgan fingerprint density at radius 3 is 2.66 bits per heavy atom. The van der Waals surface area contributed by atoms with Crippen molar-refractivity contribution in [1.82, 2.24) is 10.2 Å². The maximum Gasteiger partial charge on any atom is 0.296 e. The highest BCUT2D eigenvalue weighted by atomic mass is 32.2. The normalized spacial score (nSPS) is 15.0. The Bertz CT molecular complexity index is 1530. The van der Waals surface area contributed by atoms with Gasteiger partial charge in [0.15, 0.2) is 27.4 Å². The third-order valence-corrected chi connectivity index (χ3v) is 8.64. The van der Waals surface area contributed by atoms with Gasteiger partial charge < -0.3 is 19.0 Å². The second kappa shape index (κ2) is 13.0. The van der Waals surface area contributed by atoms with Gasteiger partial charge in [0, 0.05) is 5.75 Å². The van der Waals surface area contributed by atoms with Crippen LogP contribution in [0.5, 0.6) is 11.5 Å². The summed E-state index contributed by atoms with van der Waals surface area (Å²) in [6, 6.07) is 17.2. The van der Waals surface area contributed by atoms with E-state index >= 15 is 0 Å². The molecule has 5 rings (SSSR count). The first-order valence-electron chi connectivity index (χ1n) is 13.2. The summed E-state index contributed by atoms with van der Waals surface area (Å²) in [4.78, 5) is 28.3. The SMILES string of the molecule is CCCCCOc1ccc(C2C(C(=O)c3ccco3)=C(O)C(=O)N2c2nnc(SCc3ccccc3)s2)cc1OC. The van der Waals surface area contributed by atoms with E-state index in [1.165, 1.54) is 47.4 Å². The fourth-order valence-corrected chi connectivity index (χ4v) is 6.30. The lowest BCUT2D eigenvalue weighted by Gasteiger charge is -2.24. The number of nitrogens with zero attached hydrogens (tertiary/aromatic N) is 3. The van der Waals surface area contributed by atoms with Gasteiger partial charge in [-0.15, -0.1) is 10.2 Å². The van der Waals surface area contributed by atoms with Crippen molar-refractivity contribution < 1.29 is 28.6 Å². The Labute approximate surface area is 245 Å². The van der Waals surface area contributed by atoms with E-state index in [1.807, 2.05) is 30.3 Å². The van der Waals surface area contributed by atoms with Gasteiger partial charge in [-0.05, 0) is 41.8 Å². The number of ether oxygens (including phenoxy) is 2. The van der Waals surface area contributed by atoms with E-state index in [-0.39, 0.29) is 16.5 Å². The summed E-state index contributed by atoms with van der Waals surface area (Å²) < 4.78 is 17.5. The van der Waals surface area contributed by atoms with Crippen molar-refractivity contribution >= 4 is 39.9 Å². The molecule has 0 saturated heterocycles. The van der Waals surface area contributed by atoms with Gasteiger partial charge in [-0.3, -0.25) is 14.5 Å². The van der Waals surface area contributed by atoms with Crippen LogP contribution in [0.1, 0.15) is 53.9 Å². The van der Waals surface area contributed by atoms with Crippen molar-refractivity contribution in [3.8, 4) is 11.5 Å². The number of hydrogen-bond acceptors (Lipinski definition) is 10. The number of ketones is 1. The zero-order valence-electron chi connectivity index (χ0n) is 22.6. The van der Waals surface area contributed by atoms with Crippen LogP contribution in [0, 0.1) is 0 Å². The van der Waals surface area contributed by atoms with Crippen LogP contribution >= 0.6 is 23.1 Å². The zero-order valence-corrected chi connectivity index (χ0v) is 24.2. The monoisotopic (exact) mass is 591 g/mol. The summed E-state index contributed by atoms with van der Waals surface area (Å²) in [6.07, 6.45) is 4.40. The Morgan fingerprint density at radius 2 is 1.93 bits per heavy atom. The average Bonchev–Trinajstić information content (AvgIpc) is 3.75. The quantitative estimate of drug-likeness (QED) is 0.0777. The van der Waals surface area contributed by atoms with Crippen molar-refractivity contribution in [1.29, 1.82) is 0 Å². The molecule has 2 aromatic carbocycles. The van der Waals surface area contributed by atoms with E-state index in [0.717, 1.165) is 24.8 Å². The molecular weight excluding hydrogens is 562 g/mol. The van der Waals surface area contributed by atoms with Gasteiger partial charge in [0.05, 0.1) is 31.6 Å². The fraction of sp³-hybridized carbons (Fsp3) is 0.267. The van der Waals surface area contributed by atoms with Crippen LogP contribution in [-0.2, 0) is 10.5 Å². The molecule has 9 nitrogen and oxygen atoms in total. The first kappa shape index (κ1) is 28.4. The highest BCUT2D eigenvalue weighted by molar-refractivity contribution is 8.00. The first-order chi connectivity index (χ1) is 20.0. The number of hydrogen-bond donors (Lipinski definition) is 1. The molecule has 0 radical (unpaired) electrons. The summed E-state index contributed by atoms with van der Waals surface area (Å²) in [6.45, 7) is 2.66. The number of amides is 1. The third kappa shape index (κ3) is 6.15. The molecule has 1 N–H and O–H groups in total. The molecule has 0 bridgehead atoms. The van der Waals surface area contributed by atoms with Gasteiger partial charge in [0.1, 0.15) is 0 Å². The summed E-state index contributed by atoms with van der Waals surface area (Å²) in [5.41, 5.74) is 1.54. The molecular formula is C30H29N3O6S2. The molecule has 41 heavy (non-hydrogen) atoms. The predicted molar refractivity (Wildman–Crippen MR) is 157 cm³/mol. The number of Topliss-reactive ketones (excluding diaryl/α,β-unsaturated/α-hetero) is 1. The van der Waals surface area contributed by atoms with Crippen LogP contribution in [-0.4, -0.2) is 40.7 Å². The standard InChI is InChI=1S/C30H29N3O6S2/c1-3-4-8-15-38-21-14-13-20(17-23(21)37-2)25-24(26(34)22-12-9-16-39-22)27(35)28(36)33(25)29-31-32-30(41-29)40-18-19-10-6-5-7-11-19/h5-7,9-14,16-17,25,35H,3-4,8,15,18H2,1-2H3. The number of aliphatic hydroxyl groups is 1. The van der Waals surface area contributed by atoms with Crippen LogP contribution in [0.25, 0.3) is 0 Å². The van der Waals surface area contributed by atoms with Gasteiger partial charge in [0.2, 0.25) is 10.9 Å². The van der Waals surface area contributed by atoms with Crippen LogP contribution in [0.4, 0.5) is 5.13 Å². The number of benzene rings is 2. The van der Waals surface area contributed by atoms with E-state index in [4.69, 9.17) is 13.9 Å². The number of methoxy groups -OCH3 is 1. The van der Waals surface area contributed by atoms with Crippen LogP contribution in [0.3, 0.4) is 0 Å². The maximum atomic E-state index is 13.5. The van der Waals surface area contributed by atoms with Gasteiger partial charge in [-0.25, -0.2) is 0 Å². The van der Waals surface area contributed by atoms with E-state index in [2.05, 4.69) is 17.1 Å². The number of thioether (sulfide) groups is 1. The number of aromatic nitrogens is 2. The topological polar surface area (TPSA) is 115 Å². The largest absolute Gasteiger partial charge is 0.503 e. The molecule has 3 heterocycles. The third-order valence-electron chi connectivity index (χ3n) is 6.51. The second-order valence-corrected chi connectivity index (χ2v) is 11.4. The Balaban J connectivity index is 1.49. The van der Waals surface area contributed by atoms with Gasteiger partial charge in [-0.2, -0.15) is 0 Å². The van der Waals surface area contributed by atoms with Crippen molar-refractivity contribution in [3.05, 3.63) is 95.1 Å². The first-order valence-corrected chi connectivity index (χ1v) is 15.0.